The molecule has 1 amide bonds. The van der Waals surface area contributed by atoms with Crippen molar-refractivity contribution >= 4 is 12.1 Å². The highest BCUT2D eigenvalue weighted by Crippen LogP contribution is 2.77. The Morgan fingerprint density at radius 2 is 1.54 bits per heavy atom. The van der Waals surface area contributed by atoms with Crippen LogP contribution in [0.4, 0.5) is 4.79 Å². The standard InChI is InChI=1S/C35H57NO5/c1-22(2)23-10-15-35(29(38)41-30(39)36-18-20-40-21-19-36)17-16-33(6)24(28(23)35)8-9-26-32(5)13-12-27(37)31(3,4)25(32)11-14-34(26,33)7/h22-28,37H,8-21H2,1-7H3/t23-,24+,25-,26+,27-,28+,32-,33+,34+,35-/m0/s1. The maximum absolute atomic E-state index is 14.2. The van der Waals surface area contributed by atoms with E-state index in [0.717, 1.165) is 38.5 Å². The number of rotatable bonds is 2. The summed E-state index contributed by atoms with van der Waals surface area (Å²) in [5, 5.41) is 11.0. The van der Waals surface area contributed by atoms with Crippen molar-refractivity contribution in [3.63, 3.8) is 0 Å². The van der Waals surface area contributed by atoms with Crippen molar-refractivity contribution in [1.29, 1.82) is 0 Å². The fourth-order valence-corrected chi connectivity index (χ4v) is 12.7. The van der Waals surface area contributed by atoms with E-state index in [1.165, 1.54) is 25.7 Å². The highest BCUT2D eigenvalue weighted by atomic mass is 16.6. The van der Waals surface area contributed by atoms with Gasteiger partial charge in [-0.2, -0.15) is 0 Å². The summed E-state index contributed by atoms with van der Waals surface area (Å²) < 4.78 is 11.2. The van der Waals surface area contributed by atoms with Crippen molar-refractivity contribution in [3.05, 3.63) is 0 Å². The van der Waals surface area contributed by atoms with Gasteiger partial charge in [0.2, 0.25) is 0 Å². The molecule has 10 atom stereocenters. The Bertz CT molecular complexity index is 1050. The lowest BCUT2D eigenvalue weighted by molar-refractivity contribution is -0.249. The first kappa shape index (κ1) is 29.9. The Hall–Kier alpha value is -1.14. The maximum atomic E-state index is 14.2. The molecule has 1 aliphatic heterocycles. The Morgan fingerprint density at radius 1 is 0.829 bits per heavy atom. The number of nitrogens with zero attached hydrogens (tertiary/aromatic N) is 1. The van der Waals surface area contributed by atoms with Crippen LogP contribution in [-0.2, 0) is 14.3 Å². The SMILES string of the molecule is CC(C)[C@@H]1CC[C@]2(C(=O)OC(=O)N3CCOCC3)CC[C@]3(C)[C@H](CC[C@@H]4[C@@]5(C)CC[C@H](O)C(C)(C)[C@@H]5CC[C@]43C)[C@@H]12. The van der Waals surface area contributed by atoms with Crippen LogP contribution in [0.3, 0.4) is 0 Å². The number of esters is 1. The van der Waals surface area contributed by atoms with Gasteiger partial charge in [0.05, 0.1) is 24.7 Å². The maximum Gasteiger partial charge on any atom is 0.417 e. The highest BCUT2D eigenvalue weighted by Gasteiger charge is 2.72. The van der Waals surface area contributed by atoms with Crippen LogP contribution in [0.25, 0.3) is 0 Å². The van der Waals surface area contributed by atoms with Gasteiger partial charge < -0.3 is 19.5 Å². The van der Waals surface area contributed by atoms with Gasteiger partial charge in [0.1, 0.15) is 0 Å². The van der Waals surface area contributed by atoms with E-state index >= 15 is 0 Å². The predicted octanol–water partition coefficient (Wildman–Crippen LogP) is 7.08. The molecule has 6 rings (SSSR count). The van der Waals surface area contributed by atoms with Crippen LogP contribution in [0, 0.1) is 62.6 Å². The van der Waals surface area contributed by atoms with Crippen molar-refractivity contribution in [2.45, 2.75) is 119 Å². The molecule has 5 saturated carbocycles. The topological polar surface area (TPSA) is 76.1 Å². The number of aliphatic hydroxyl groups excluding tert-OH is 1. The molecule has 5 aliphatic carbocycles. The number of ether oxygens (including phenoxy) is 2. The zero-order chi connectivity index (χ0) is 29.6. The van der Waals surface area contributed by atoms with Gasteiger partial charge in [0, 0.05) is 13.1 Å². The molecule has 0 spiro atoms. The largest absolute Gasteiger partial charge is 0.417 e. The number of amides is 1. The van der Waals surface area contributed by atoms with E-state index in [1.54, 1.807) is 4.90 Å². The third-order valence-corrected chi connectivity index (χ3v) is 15.2. The van der Waals surface area contributed by atoms with Crippen LogP contribution in [0.2, 0.25) is 0 Å². The average Bonchev–Trinajstić information content (AvgIpc) is 3.33. The zero-order valence-corrected chi connectivity index (χ0v) is 27.0. The number of hydrogen-bond donors (Lipinski definition) is 1. The summed E-state index contributed by atoms with van der Waals surface area (Å²) in [4.78, 5) is 28.9. The molecule has 41 heavy (non-hydrogen) atoms. The number of hydrogen-bond acceptors (Lipinski definition) is 5. The van der Waals surface area contributed by atoms with Gasteiger partial charge >= 0.3 is 12.1 Å². The van der Waals surface area contributed by atoms with Crippen LogP contribution in [0.5, 0.6) is 0 Å². The monoisotopic (exact) mass is 571 g/mol. The van der Waals surface area contributed by atoms with Gasteiger partial charge in [-0.1, -0.05) is 48.5 Å². The summed E-state index contributed by atoms with van der Waals surface area (Å²) in [6.45, 7) is 19.1. The number of carbonyl (C=O) groups excluding carboxylic acids is 2. The molecule has 6 nitrogen and oxygen atoms in total. The molecule has 0 radical (unpaired) electrons. The second-order valence-corrected chi connectivity index (χ2v) is 16.9. The third-order valence-electron chi connectivity index (χ3n) is 15.2. The van der Waals surface area contributed by atoms with Crippen LogP contribution in [-0.4, -0.2) is 54.5 Å². The first-order valence-corrected chi connectivity index (χ1v) is 17.0. The summed E-state index contributed by atoms with van der Waals surface area (Å²) in [6.07, 6.45) is 9.95. The molecule has 0 aromatic rings. The van der Waals surface area contributed by atoms with Gasteiger partial charge in [-0.15, -0.1) is 0 Å². The van der Waals surface area contributed by atoms with E-state index in [4.69, 9.17) is 9.47 Å². The van der Waals surface area contributed by atoms with Crippen molar-refractivity contribution in [2.24, 2.45) is 62.6 Å². The summed E-state index contributed by atoms with van der Waals surface area (Å²) in [5.41, 5.74) is 0.0313. The first-order valence-electron chi connectivity index (χ1n) is 17.0. The second kappa shape index (κ2) is 9.94. The quantitative estimate of drug-likeness (QED) is 0.283. The van der Waals surface area contributed by atoms with Crippen LogP contribution < -0.4 is 0 Å². The van der Waals surface area contributed by atoms with E-state index in [2.05, 4.69) is 48.5 Å². The molecule has 1 heterocycles. The van der Waals surface area contributed by atoms with E-state index in [1.807, 2.05) is 0 Å². The third kappa shape index (κ3) is 4.07. The second-order valence-electron chi connectivity index (χ2n) is 16.9. The fraction of sp³-hybridized carbons (Fsp3) is 0.943. The molecule has 0 aromatic carbocycles. The normalized spacial score (nSPS) is 49.0. The van der Waals surface area contributed by atoms with Crippen molar-refractivity contribution in [3.8, 4) is 0 Å². The lowest BCUT2D eigenvalue weighted by atomic mass is 9.32. The molecule has 6 heteroatoms. The molecular weight excluding hydrogens is 514 g/mol. The predicted molar refractivity (Wildman–Crippen MR) is 159 cm³/mol. The fourth-order valence-electron chi connectivity index (χ4n) is 12.7. The molecular formula is C35H57NO5. The molecule has 6 fully saturated rings. The number of aliphatic hydroxyl groups is 1. The highest BCUT2D eigenvalue weighted by molar-refractivity contribution is 5.89. The Labute approximate surface area is 248 Å². The summed E-state index contributed by atoms with van der Waals surface area (Å²) in [7, 11) is 0. The van der Waals surface area contributed by atoms with Crippen molar-refractivity contribution in [1.82, 2.24) is 4.90 Å². The van der Waals surface area contributed by atoms with Gasteiger partial charge in [-0.3, -0.25) is 4.79 Å². The van der Waals surface area contributed by atoms with Crippen LogP contribution in [0.1, 0.15) is 113 Å². The summed E-state index contributed by atoms with van der Waals surface area (Å²) >= 11 is 0. The smallest absolute Gasteiger partial charge is 0.393 e. The molecule has 232 valence electrons. The Morgan fingerprint density at radius 3 is 2.22 bits per heavy atom. The van der Waals surface area contributed by atoms with Gasteiger partial charge in [-0.05, 0) is 121 Å². The van der Waals surface area contributed by atoms with Crippen LogP contribution >= 0.6 is 0 Å². The lowest BCUT2D eigenvalue weighted by Crippen LogP contribution is -2.67. The number of carbonyl (C=O) groups is 2. The Balaban J connectivity index is 1.32. The first-order chi connectivity index (χ1) is 19.2. The van der Waals surface area contributed by atoms with Crippen molar-refractivity contribution < 1.29 is 24.2 Å². The van der Waals surface area contributed by atoms with E-state index in [-0.39, 0.29) is 39.7 Å². The zero-order valence-electron chi connectivity index (χ0n) is 27.0. The summed E-state index contributed by atoms with van der Waals surface area (Å²) in [6, 6.07) is 0. The molecule has 0 bridgehead atoms. The minimum atomic E-state index is -0.539. The van der Waals surface area contributed by atoms with Gasteiger partial charge in [0.15, 0.2) is 0 Å². The molecule has 1 N–H and O–H groups in total. The molecule has 6 aliphatic rings. The molecule has 0 unspecified atom stereocenters. The number of fused-ring (bicyclic) bond motifs is 7. The number of morpholine rings is 1. The van der Waals surface area contributed by atoms with Crippen LogP contribution in [0.15, 0.2) is 0 Å². The molecule has 0 aromatic heterocycles. The minimum Gasteiger partial charge on any atom is -0.393 e. The average molecular weight is 572 g/mol. The minimum absolute atomic E-state index is 0.0429. The van der Waals surface area contributed by atoms with Crippen molar-refractivity contribution in [2.75, 3.05) is 26.3 Å². The van der Waals surface area contributed by atoms with Gasteiger partial charge in [0.25, 0.3) is 0 Å². The Kier molecular flexibility index (Phi) is 7.25. The molecule has 1 saturated heterocycles. The van der Waals surface area contributed by atoms with E-state index < -0.39 is 11.5 Å². The lowest BCUT2D eigenvalue weighted by Gasteiger charge is -2.72. The van der Waals surface area contributed by atoms with Gasteiger partial charge in [-0.25, -0.2) is 4.79 Å². The van der Waals surface area contributed by atoms with E-state index in [9.17, 15) is 14.7 Å². The van der Waals surface area contributed by atoms with E-state index in [0.29, 0.717) is 55.9 Å². The summed E-state index contributed by atoms with van der Waals surface area (Å²) in [5.74, 6) is 2.70.